The van der Waals surface area contributed by atoms with Crippen LogP contribution in [0.2, 0.25) is 0 Å². The van der Waals surface area contributed by atoms with Crippen molar-refractivity contribution in [3.8, 4) is 0 Å². The van der Waals surface area contributed by atoms with Crippen molar-refractivity contribution in [2.24, 2.45) is 29.6 Å². The van der Waals surface area contributed by atoms with Crippen LogP contribution in [0.15, 0.2) is 54.1 Å². The molecular weight excluding hydrogens is 434 g/mol. The standard InChI is InChI=1S/C28H38F2N2O2/c1-18-14-31(15-19(2)28(18,34)20-9-7-6-8-10-20)26(33)24-17-32(27(3,4)5)16-23(24)22-12-11-21(29)13-25(22)30/h6-11,13,18-19,22-24,34H,12,14-17H2,1-5H3/t18-,19+,22?,23-,24-,28?/m0/s1. The van der Waals surface area contributed by atoms with Gasteiger partial charge in [-0.2, -0.15) is 0 Å². The minimum absolute atomic E-state index is 0.0217. The number of allylic oxidation sites excluding steroid dienone is 4. The third-order valence-electron chi connectivity index (χ3n) is 8.38. The zero-order valence-corrected chi connectivity index (χ0v) is 21.0. The molecule has 0 aromatic heterocycles. The summed E-state index contributed by atoms with van der Waals surface area (Å²) in [6.07, 6.45) is 2.68. The molecule has 6 heteroatoms. The first-order valence-electron chi connectivity index (χ1n) is 12.5. The van der Waals surface area contributed by atoms with E-state index >= 15 is 0 Å². The van der Waals surface area contributed by atoms with Crippen molar-refractivity contribution in [3.63, 3.8) is 0 Å². The molecule has 4 rings (SSSR count). The summed E-state index contributed by atoms with van der Waals surface area (Å²) in [5, 5.41) is 11.7. The maximum Gasteiger partial charge on any atom is 0.227 e. The number of carbonyl (C=O) groups is 1. The van der Waals surface area contributed by atoms with Crippen molar-refractivity contribution in [1.29, 1.82) is 0 Å². The fraction of sp³-hybridized carbons (Fsp3) is 0.607. The van der Waals surface area contributed by atoms with Gasteiger partial charge in [0.2, 0.25) is 5.91 Å². The van der Waals surface area contributed by atoms with E-state index in [4.69, 9.17) is 0 Å². The van der Waals surface area contributed by atoms with E-state index in [0.29, 0.717) is 26.2 Å². The molecule has 2 aliphatic heterocycles. The van der Waals surface area contributed by atoms with Crippen LogP contribution in [0.3, 0.4) is 0 Å². The number of nitrogens with zero attached hydrogens (tertiary/aromatic N) is 2. The molecule has 1 N–H and O–H groups in total. The minimum atomic E-state index is -1.01. The molecule has 2 saturated heterocycles. The number of halogens is 2. The van der Waals surface area contributed by atoms with Crippen molar-refractivity contribution in [2.45, 2.75) is 52.2 Å². The van der Waals surface area contributed by atoms with Gasteiger partial charge in [-0.3, -0.25) is 9.69 Å². The Morgan fingerprint density at radius 3 is 2.21 bits per heavy atom. The highest BCUT2D eigenvalue weighted by molar-refractivity contribution is 5.80. The SMILES string of the molecule is C[C@@H]1CN(C(=O)[C@H]2CN(C(C)(C)C)C[C@H]2C2CC=C(F)C=C2F)C[C@H](C)C1(O)c1ccccc1. The maximum atomic E-state index is 14.9. The Kier molecular flexibility index (Phi) is 6.78. The summed E-state index contributed by atoms with van der Waals surface area (Å²) in [6, 6.07) is 9.69. The number of likely N-dealkylation sites (tertiary alicyclic amines) is 2. The van der Waals surface area contributed by atoms with Gasteiger partial charge in [0, 0.05) is 55.5 Å². The second-order valence-electron chi connectivity index (χ2n) is 11.5. The number of carbonyl (C=O) groups excluding carboxylic acids is 1. The van der Waals surface area contributed by atoms with Crippen LogP contribution in [0.1, 0.15) is 46.6 Å². The number of hydrogen-bond donors (Lipinski definition) is 1. The largest absolute Gasteiger partial charge is 0.384 e. The van der Waals surface area contributed by atoms with Gasteiger partial charge in [0.1, 0.15) is 11.7 Å². The molecule has 4 nitrogen and oxygen atoms in total. The number of benzene rings is 1. The van der Waals surface area contributed by atoms with Gasteiger partial charge in [0.25, 0.3) is 0 Å². The van der Waals surface area contributed by atoms with Gasteiger partial charge in [0.05, 0.1) is 11.5 Å². The second-order valence-corrected chi connectivity index (χ2v) is 11.5. The van der Waals surface area contributed by atoms with Gasteiger partial charge in [-0.25, -0.2) is 8.78 Å². The van der Waals surface area contributed by atoms with Crippen LogP contribution < -0.4 is 0 Å². The summed E-state index contributed by atoms with van der Waals surface area (Å²) in [4.78, 5) is 18.0. The molecule has 2 unspecified atom stereocenters. The van der Waals surface area contributed by atoms with Gasteiger partial charge in [-0.1, -0.05) is 44.2 Å². The second kappa shape index (κ2) is 9.19. The zero-order valence-electron chi connectivity index (χ0n) is 21.0. The molecule has 0 radical (unpaired) electrons. The van der Waals surface area contributed by atoms with Crippen molar-refractivity contribution in [1.82, 2.24) is 9.80 Å². The third-order valence-corrected chi connectivity index (χ3v) is 8.38. The summed E-state index contributed by atoms with van der Waals surface area (Å²) in [7, 11) is 0. The van der Waals surface area contributed by atoms with Crippen molar-refractivity contribution < 1.29 is 18.7 Å². The topological polar surface area (TPSA) is 43.8 Å². The molecule has 3 aliphatic rings. The molecule has 2 heterocycles. The monoisotopic (exact) mass is 472 g/mol. The highest BCUT2D eigenvalue weighted by atomic mass is 19.1. The highest BCUT2D eigenvalue weighted by Crippen LogP contribution is 2.45. The molecule has 6 atom stereocenters. The molecule has 0 saturated carbocycles. The first-order chi connectivity index (χ1) is 15.9. The predicted octanol–water partition coefficient (Wildman–Crippen LogP) is 5.06. The first kappa shape index (κ1) is 25.1. The van der Waals surface area contributed by atoms with E-state index in [2.05, 4.69) is 25.7 Å². The lowest BCUT2D eigenvalue weighted by atomic mass is 9.70. The Bertz CT molecular complexity index is 956. The normalized spacial score (nSPS) is 35.2. The van der Waals surface area contributed by atoms with Gasteiger partial charge < -0.3 is 10.0 Å². The Morgan fingerprint density at radius 2 is 1.65 bits per heavy atom. The summed E-state index contributed by atoms with van der Waals surface area (Å²) < 4.78 is 28.5. The van der Waals surface area contributed by atoms with Crippen molar-refractivity contribution in [2.75, 3.05) is 26.2 Å². The van der Waals surface area contributed by atoms with Gasteiger partial charge >= 0.3 is 0 Å². The average Bonchev–Trinajstić information content (AvgIpc) is 3.23. The van der Waals surface area contributed by atoms with E-state index in [9.17, 15) is 18.7 Å². The number of piperidine rings is 1. The molecule has 34 heavy (non-hydrogen) atoms. The fourth-order valence-corrected chi connectivity index (χ4v) is 6.26. The molecule has 0 bridgehead atoms. The van der Waals surface area contributed by atoms with E-state index in [1.807, 2.05) is 49.1 Å². The smallest absolute Gasteiger partial charge is 0.227 e. The lowest BCUT2D eigenvalue weighted by Crippen LogP contribution is -2.57. The van der Waals surface area contributed by atoms with Crippen LogP contribution in [-0.4, -0.2) is 52.5 Å². The third kappa shape index (κ3) is 4.47. The number of hydrogen-bond acceptors (Lipinski definition) is 3. The van der Waals surface area contributed by atoms with Crippen LogP contribution in [0.5, 0.6) is 0 Å². The fourth-order valence-electron chi connectivity index (χ4n) is 6.26. The van der Waals surface area contributed by atoms with E-state index in [-0.39, 0.29) is 41.5 Å². The highest BCUT2D eigenvalue weighted by Gasteiger charge is 2.51. The van der Waals surface area contributed by atoms with Crippen LogP contribution >= 0.6 is 0 Å². The van der Waals surface area contributed by atoms with Crippen LogP contribution in [0.25, 0.3) is 0 Å². The predicted molar refractivity (Wildman–Crippen MR) is 130 cm³/mol. The summed E-state index contributed by atoms with van der Waals surface area (Å²) in [5.74, 6) is -2.34. The lowest BCUT2D eigenvalue weighted by Gasteiger charge is -2.49. The van der Waals surface area contributed by atoms with Gasteiger partial charge in [0.15, 0.2) is 0 Å². The van der Waals surface area contributed by atoms with E-state index in [0.717, 1.165) is 11.6 Å². The number of rotatable bonds is 3. The number of amides is 1. The number of aliphatic hydroxyl groups is 1. The van der Waals surface area contributed by atoms with Crippen LogP contribution in [-0.2, 0) is 10.4 Å². The molecule has 1 aromatic rings. The molecule has 1 aromatic carbocycles. The molecular formula is C28H38F2N2O2. The quantitative estimate of drug-likeness (QED) is 0.669. The van der Waals surface area contributed by atoms with Crippen molar-refractivity contribution in [3.05, 3.63) is 59.7 Å². The minimum Gasteiger partial charge on any atom is -0.384 e. The van der Waals surface area contributed by atoms with Crippen LogP contribution in [0.4, 0.5) is 8.78 Å². The molecule has 1 amide bonds. The Balaban J connectivity index is 1.57. The molecule has 186 valence electrons. The lowest BCUT2D eigenvalue weighted by molar-refractivity contribution is -0.153. The summed E-state index contributed by atoms with van der Waals surface area (Å²) >= 11 is 0. The van der Waals surface area contributed by atoms with Crippen molar-refractivity contribution >= 4 is 5.91 Å². The first-order valence-corrected chi connectivity index (χ1v) is 12.5. The average molecular weight is 473 g/mol. The van der Waals surface area contributed by atoms with Gasteiger partial charge in [-0.15, -0.1) is 0 Å². The summed E-state index contributed by atoms with van der Waals surface area (Å²) in [6.45, 7) is 12.4. The molecule has 1 aliphatic carbocycles. The van der Waals surface area contributed by atoms with Crippen LogP contribution in [0, 0.1) is 29.6 Å². The molecule has 0 spiro atoms. The van der Waals surface area contributed by atoms with Gasteiger partial charge in [-0.05, 0) is 44.7 Å². The Labute approximate surface area is 202 Å². The Hall–Kier alpha value is -2.05. The molecule has 2 fully saturated rings. The maximum absolute atomic E-state index is 14.9. The van der Waals surface area contributed by atoms with E-state index < -0.39 is 23.2 Å². The summed E-state index contributed by atoms with van der Waals surface area (Å²) in [5.41, 5.74) is -0.285. The van der Waals surface area contributed by atoms with E-state index in [1.54, 1.807) is 0 Å². The Morgan fingerprint density at radius 1 is 1.03 bits per heavy atom. The van der Waals surface area contributed by atoms with E-state index in [1.165, 1.54) is 6.08 Å². The zero-order chi connectivity index (χ0) is 24.8.